The first-order valence-electron chi connectivity index (χ1n) is 9.53. The maximum atomic E-state index is 13.6. The average molecular weight is 393 g/mol. The maximum Gasteiger partial charge on any atom is 0.410 e. The van der Waals surface area contributed by atoms with E-state index in [9.17, 15) is 18.0 Å². The Hall–Kier alpha value is -2.58. The lowest BCUT2D eigenvalue weighted by molar-refractivity contribution is -0.173. The predicted octanol–water partition coefficient (Wildman–Crippen LogP) is 3.95. The zero-order valence-corrected chi connectivity index (χ0v) is 15.5. The Labute approximate surface area is 160 Å². The molecule has 0 unspecified atom stereocenters. The number of carbonyl (C=O) groups is 1. The molecular weight excluding hydrogens is 371 g/mol. The van der Waals surface area contributed by atoms with Crippen LogP contribution in [0, 0.1) is 0 Å². The molecule has 28 heavy (non-hydrogen) atoms. The number of pyridine rings is 1. The summed E-state index contributed by atoms with van der Waals surface area (Å²) in [6.45, 7) is 2.40. The van der Waals surface area contributed by atoms with E-state index in [2.05, 4.69) is 15.4 Å². The molecule has 0 radical (unpaired) electrons. The SMILES string of the molecule is CC[C@@H]1C[C@H](C(F)(F)F)n2nc([C@@H]3CCCN3C(=O)c3ccccn3)cc2N1. The quantitative estimate of drug-likeness (QED) is 0.858. The van der Waals surface area contributed by atoms with E-state index < -0.39 is 12.2 Å². The van der Waals surface area contributed by atoms with Crippen LogP contribution in [0.5, 0.6) is 0 Å². The third kappa shape index (κ3) is 3.33. The fraction of sp³-hybridized carbons (Fsp3) is 0.526. The van der Waals surface area contributed by atoms with Crippen LogP contribution in [0.2, 0.25) is 0 Å². The molecule has 9 heteroatoms. The topological polar surface area (TPSA) is 63.1 Å². The summed E-state index contributed by atoms with van der Waals surface area (Å²) in [5, 5.41) is 7.45. The molecule has 0 aromatic carbocycles. The van der Waals surface area contributed by atoms with Crippen LogP contribution in [0.1, 0.15) is 60.9 Å². The second-order valence-corrected chi connectivity index (χ2v) is 7.31. The van der Waals surface area contributed by atoms with Crippen LogP contribution < -0.4 is 5.32 Å². The summed E-state index contributed by atoms with van der Waals surface area (Å²) >= 11 is 0. The highest BCUT2D eigenvalue weighted by atomic mass is 19.4. The number of likely N-dealkylation sites (tertiary alicyclic amines) is 1. The third-order valence-corrected chi connectivity index (χ3v) is 5.52. The first-order valence-corrected chi connectivity index (χ1v) is 9.53. The van der Waals surface area contributed by atoms with Crippen molar-refractivity contribution in [1.29, 1.82) is 0 Å². The summed E-state index contributed by atoms with van der Waals surface area (Å²) in [5.41, 5.74) is 0.825. The van der Waals surface area contributed by atoms with Crippen molar-refractivity contribution >= 4 is 11.7 Å². The fourth-order valence-corrected chi connectivity index (χ4v) is 4.05. The van der Waals surface area contributed by atoms with Gasteiger partial charge in [0.05, 0.1) is 11.7 Å². The molecule has 4 heterocycles. The summed E-state index contributed by atoms with van der Waals surface area (Å²) < 4.78 is 41.8. The molecule has 3 atom stereocenters. The zero-order chi connectivity index (χ0) is 19.9. The number of fused-ring (bicyclic) bond motifs is 1. The minimum Gasteiger partial charge on any atom is -0.367 e. The van der Waals surface area contributed by atoms with Crippen LogP contribution in [0.25, 0.3) is 0 Å². The monoisotopic (exact) mass is 393 g/mol. The van der Waals surface area contributed by atoms with Crippen LogP contribution in [0.15, 0.2) is 30.5 Å². The van der Waals surface area contributed by atoms with E-state index in [1.54, 1.807) is 35.4 Å². The van der Waals surface area contributed by atoms with E-state index in [1.165, 1.54) is 0 Å². The molecule has 1 saturated heterocycles. The zero-order valence-electron chi connectivity index (χ0n) is 15.5. The Morgan fingerprint density at radius 1 is 1.36 bits per heavy atom. The van der Waals surface area contributed by atoms with Gasteiger partial charge in [-0.1, -0.05) is 13.0 Å². The normalized spacial score (nSPS) is 24.7. The Morgan fingerprint density at radius 2 is 2.18 bits per heavy atom. The summed E-state index contributed by atoms with van der Waals surface area (Å²) in [6, 6.07) is 4.53. The Bertz CT molecular complexity index is 851. The predicted molar refractivity (Wildman–Crippen MR) is 96.9 cm³/mol. The second kappa shape index (κ2) is 7.10. The van der Waals surface area contributed by atoms with Gasteiger partial charge in [0.1, 0.15) is 11.5 Å². The molecule has 0 spiro atoms. The molecule has 150 valence electrons. The van der Waals surface area contributed by atoms with Crippen molar-refractivity contribution in [2.75, 3.05) is 11.9 Å². The number of aromatic nitrogens is 3. The van der Waals surface area contributed by atoms with Gasteiger partial charge in [0.25, 0.3) is 5.91 Å². The van der Waals surface area contributed by atoms with Crippen LogP contribution >= 0.6 is 0 Å². The van der Waals surface area contributed by atoms with E-state index in [0.29, 0.717) is 36.6 Å². The number of nitrogens with one attached hydrogen (secondary N) is 1. The number of rotatable bonds is 3. The number of amides is 1. The van der Waals surface area contributed by atoms with Crippen molar-refractivity contribution in [3.8, 4) is 0 Å². The Morgan fingerprint density at radius 3 is 2.86 bits per heavy atom. The number of anilines is 1. The van der Waals surface area contributed by atoms with Gasteiger partial charge in [-0.05, 0) is 37.8 Å². The van der Waals surface area contributed by atoms with Crippen LogP contribution in [0.4, 0.5) is 19.0 Å². The maximum absolute atomic E-state index is 13.6. The molecule has 2 aliphatic rings. The average Bonchev–Trinajstić information content (AvgIpc) is 3.32. The number of alkyl halides is 3. The summed E-state index contributed by atoms with van der Waals surface area (Å²) in [5.74, 6) is 0.147. The molecule has 1 N–H and O–H groups in total. The van der Waals surface area contributed by atoms with E-state index in [0.717, 1.165) is 11.1 Å². The summed E-state index contributed by atoms with van der Waals surface area (Å²) in [7, 11) is 0. The summed E-state index contributed by atoms with van der Waals surface area (Å²) in [4.78, 5) is 18.6. The summed E-state index contributed by atoms with van der Waals surface area (Å²) in [6.07, 6.45) is -0.818. The molecule has 2 aromatic rings. The van der Waals surface area contributed by atoms with E-state index >= 15 is 0 Å². The van der Waals surface area contributed by atoms with Crippen molar-refractivity contribution in [2.24, 2.45) is 0 Å². The number of hydrogen-bond donors (Lipinski definition) is 1. The number of nitrogens with zero attached hydrogens (tertiary/aromatic N) is 4. The van der Waals surface area contributed by atoms with Gasteiger partial charge in [-0.2, -0.15) is 18.3 Å². The second-order valence-electron chi connectivity index (χ2n) is 7.31. The highest BCUT2D eigenvalue weighted by Crippen LogP contribution is 2.42. The van der Waals surface area contributed by atoms with Crippen molar-refractivity contribution in [3.05, 3.63) is 41.9 Å². The van der Waals surface area contributed by atoms with Crippen molar-refractivity contribution < 1.29 is 18.0 Å². The molecule has 0 bridgehead atoms. The van der Waals surface area contributed by atoms with Gasteiger partial charge in [0, 0.05) is 24.8 Å². The minimum atomic E-state index is -4.37. The number of hydrogen-bond acceptors (Lipinski definition) is 4. The molecular formula is C19H22F3N5O. The number of carbonyl (C=O) groups excluding carboxylic acids is 1. The van der Waals surface area contributed by atoms with Crippen molar-refractivity contribution in [3.63, 3.8) is 0 Å². The molecule has 0 aliphatic carbocycles. The highest BCUT2D eigenvalue weighted by molar-refractivity contribution is 5.92. The standard InChI is InChI=1S/C19H22F3N5O/c1-2-12-10-16(19(20,21)22)27-17(24-12)11-14(25-27)15-7-5-9-26(15)18(28)13-6-3-4-8-23-13/h3-4,6,8,11-12,15-16,24H,2,5,7,9-10H2,1H3/t12-,15+,16-/m1/s1. The molecule has 1 amide bonds. The Kier molecular flexibility index (Phi) is 4.76. The lowest BCUT2D eigenvalue weighted by Crippen LogP contribution is -2.39. The van der Waals surface area contributed by atoms with Crippen molar-refractivity contribution in [2.45, 2.75) is 56.9 Å². The van der Waals surface area contributed by atoms with Gasteiger partial charge >= 0.3 is 6.18 Å². The van der Waals surface area contributed by atoms with Gasteiger partial charge in [-0.25, -0.2) is 4.68 Å². The van der Waals surface area contributed by atoms with E-state index in [1.807, 2.05) is 6.92 Å². The molecule has 6 nitrogen and oxygen atoms in total. The molecule has 0 saturated carbocycles. The largest absolute Gasteiger partial charge is 0.410 e. The highest BCUT2D eigenvalue weighted by Gasteiger charge is 2.46. The lowest BCUT2D eigenvalue weighted by Gasteiger charge is -2.32. The molecule has 2 aromatic heterocycles. The number of halogens is 3. The Balaban J connectivity index is 1.65. The molecule has 1 fully saturated rings. The van der Waals surface area contributed by atoms with Crippen LogP contribution in [0.3, 0.4) is 0 Å². The molecule has 2 aliphatic heterocycles. The van der Waals surface area contributed by atoms with Gasteiger partial charge < -0.3 is 10.2 Å². The van der Waals surface area contributed by atoms with Crippen LogP contribution in [-0.4, -0.2) is 44.3 Å². The first-order chi connectivity index (χ1) is 13.4. The minimum absolute atomic E-state index is 0.0463. The van der Waals surface area contributed by atoms with Crippen molar-refractivity contribution in [1.82, 2.24) is 19.7 Å². The van der Waals surface area contributed by atoms with Gasteiger partial charge in [-0.3, -0.25) is 9.78 Å². The van der Waals surface area contributed by atoms with Gasteiger partial charge in [-0.15, -0.1) is 0 Å². The van der Waals surface area contributed by atoms with E-state index in [-0.39, 0.29) is 24.4 Å². The van der Waals surface area contributed by atoms with Gasteiger partial charge in [0.2, 0.25) is 0 Å². The van der Waals surface area contributed by atoms with Crippen LogP contribution in [-0.2, 0) is 0 Å². The lowest BCUT2D eigenvalue weighted by atomic mass is 10.0. The smallest absolute Gasteiger partial charge is 0.367 e. The third-order valence-electron chi connectivity index (χ3n) is 5.52. The fourth-order valence-electron chi connectivity index (χ4n) is 4.05. The van der Waals surface area contributed by atoms with E-state index in [4.69, 9.17) is 0 Å². The first kappa shape index (κ1) is 18.8. The van der Waals surface area contributed by atoms with Gasteiger partial charge in [0.15, 0.2) is 6.04 Å². The molecule has 4 rings (SSSR count).